The van der Waals surface area contributed by atoms with E-state index in [9.17, 15) is 9.59 Å². The summed E-state index contributed by atoms with van der Waals surface area (Å²) in [6, 6.07) is 12.9. The van der Waals surface area contributed by atoms with Gasteiger partial charge >= 0.3 is 5.97 Å². The van der Waals surface area contributed by atoms with Crippen molar-refractivity contribution in [2.24, 2.45) is 0 Å². The van der Waals surface area contributed by atoms with Gasteiger partial charge in [-0.2, -0.15) is 0 Å². The van der Waals surface area contributed by atoms with Crippen molar-refractivity contribution in [2.45, 2.75) is 27.7 Å². The number of amides is 1. The molecule has 0 aliphatic heterocycles. The predicted molar refractivity (Wildman–Crippen MR) is 114 cm³/mol. The van der Waals surface area contributed by atoms with E-state index in [2.05, 4.69) is 35.4 Å². The molecule has 2 aromatic carbocycles. The van der Waals surface area contributed by atoms with E-state index in [1.165, 1.54) is 0 Å². The highest BCUT2D eigenvalue weighted by Gasteiger charge is 2.09. The Kier molecular flexibility index (Phi) is 7.87. The van der Waals surface area contributed by atoms with Gasteiger partial charge in [0.2, 0.25) is 5.91 Å². The lowest BCUT2D eigenvalue weighted by molar-refractivity contribution is -0.114. The maximum absolute atomic E-state index is 12.3. The fourth-order valence-corrected chi connectivity index (χ4v) is 2.89. The van der Waals surface area contributed by atoms with Crippen molar-refractivity contribution < 1.29 is 14.3 Å². The predicted octanol–water partition coefficient (Wildman–Crippen LogP) is 4.07. The molecule has 0 atom stereocenters. The van der Waals surface area contributed by atoms with Crippen molar-refractivity contribution in [3.05, 3.63) is 53.6 Å². The van der Waals surface area contributed by atoms with Crippen molar-refractivity contribution in [2.75, 3.05) is 41.8 Å². The fraction of sp³-hybridized carbons (Fsp3) is 0.364. The van der Waals surface area contributed by atoms with E-state index in [1.54, 1.807) is 31.2 Å². The molecule has 6 nitrogen and oxygen atoms in total. The number of rotatable bonds is 9. The normalized spacial score (nSPS) is 10.3. The first-order valence-corrected chi connectivity index (χ1v) is 9.64. The number of carbonyl (C=O) groups is 2. The molecule has 0 heterocycles. The Morgan fingerprint density at radius 1 is 1.00 bits per heavy atom. The van der Waals surface area contributed by atoms with Gasteiger partial charge in [0.1, 0.15) is 0 Å². The summed E-state index contributed by atoms with van der Waals surface area (Å²) in [6.45, 7) is 10.4. The van der Waals surface area contributed by atoms with Crippen molar-refractivity contribution in [3.8, 4) is 0 Å². The quantitative estimate of drug-likeness (QED) is 0.639. The zero-order valence-corrected chi connectivity index (χ0v) is 17.0. The standard InChI is InChI=1S/C22H29N3O3/c1-5-25(6-2)19-12-13-20(16(4)14-19)24-21(26)15-23-18-10-8-17(9-11-18)22(27)28-7-3/h8-14,23H,5-7,15H2,1-4H3,(H,24,26). The number of benzene rings is 2. The molecule has 2 N–H and O–H groups in total. The first-order valence-electron chi connectivity index (χ1n) is 9.64. The average molecular weight is 383 g/mol. The van der Waals surface area contributed by atoms with Gasteiger partial charge in [-0.25, -0.2) is 4.79 Å². The Morgan fingerprint density at radius 2 is 1.68 bits per heavy atom. The van der Waals surface area contributed by atoms with Crippen molar-refractivity contribution in [3.63, 3.8) is 0 Å². The van der Waals surface area contributed by atoms with Gasteiger partial charge in [0.25, 0.3) is 0 Å². The summed E-state index contributed by atoms with van der Waals surface area (Å²) < 4.78 is 4.95. The van der Waals surface area contributed by atoms with E-state index >= 15 is 0 Å². The number of hydrogen-bond acceptors (Lipinski definition) is 5. The summed E-state index contributed by atoms with van der Waals surface area (Å²) >= 11 is 0. The van der Waals surface area contributed by atoms with Gasteiger partial charge in [0, 0.05) is 30.2 Å². The van der Waals surface area contributed by atoms with Crippen LogP contribution in [0, 0.1) is 6.92 Å². The Balaban J connectivity index is 1.91. The van der Waals surface area contributed by atoms with Gasteiger partial charge in [-0.1, -0.05) is 0 Å². The van der Waals surface area contributed by atoms with Gasteiger partial charge in [0.05, 0.1) is 18.7 Å². The zero-order valence-electron chi connectivity index (χ0n) is 17.0. The molecule has 0 saturated heterocycles. The smallest absolute Gasteiger partial charge is 0.338 e. The topological polar surface area (TPSA) is 70.7 Å². The lowest BCUT2D eigenvalue weighted by Gasteiger charge is -2.22. The van der Waals surface area contributed by atoms with E-state index in [1.807, 2.05) is 19.1 Å². The van der Waals surface area contributed by atoms with Crippen molar-refractivity contribution in [1.29, 1.82) is 0 Å². The number of hydrogen-bond donors (Lipinski definition) is 2. The van der Waals surface area contributed by atoms with Crippen LogP contribution in [0.4, 0.5) is 17.1 Å². The molecule has 0 aromatic heterocycles. The second-order valence-electron chi connectivity index (χ2n) is 6.37. The lowest BCUT2D eigenvalue weighted by atomic mass is 10.1. The number of anilines is 3. The molecule has 1 amide bonds. The Labute approximate surface area is 166 Å². The number of ether oxygens (including phenoxy) is 1. The Morgan fingerprint density at radius 3 is 2.25 bits per heavy atom. The van der Waals surface area contributed by atoms with Crippen LogP contribution in [-0.2, 0) is 9.53 Å². The number of carbonyl (C=O) groups excluding carboxylic acids is 2. The maximum atomic E-state index is 12.3. The van der Waals surface area contributed by atoms with Gasteiger partial charge in [-0.15, -0.1) is 0 Å². The molecular formula is C22H29N3O3. The minimum absolute atomic E-state index is 0.131. The molecule has 0 spiro atoms. The highest BCUT2D eigenvalue weighted by Crippen LogP contribution is 2.22. The SMILES string of the molecule is CCOC(=O)c1ccc(NCC(=O)Nc2ccc(N(CC)CC)cc2C)cc1. The molecule has 150 valence electrons. The second kappa shape index (κ2) is 10.3. The van der Waals surface area contributed by atoms with E-state index in [0.717, 1.165) is 35.7 Å². The van der Waals surface area contributed by atoms with Crippen LogP contribution in [0.25, 0.3) is 0 Å². The minimum atomic E-state index is -0.351. The van der Waals surface area contributed by atoms with E-state index in [-0.39, 0.29) is 18.4 Å². The summed E-state index contributed by atoms with van der Waals surface area (Å²) in [7, 11) is 0. The van der Waals surface area contributed by atoms with Crippen LogP contribution in [-0.4, -0.2) is 38.1 Å². The molecule has 0 saturated carbocycles. The Hall–Kier alpha value is -3.02. The first kappa shape index (κ1) is 21.3. The summed E-state index contributed by atoms with van der Waals surface area (Å²) in [5, 5.41) is 5.99. The number of nitrogens with zero attached hydrogens (tertiary/aromatic N) is 1. The van der Waals surface area contributed by atoms with Crippen LogP contribution in [0.1, 0.15) is 36.7 Å². The molecule has 0 aliphatic rings. The van der Waals surface area contributed by atoms with Crippen molar-refractivity contribution in [1.82, 2.24) is 0 Å². The summed E-state index contributed by atoms with van der Waals surface area (Å²) in [4.78, 5) is 26.2. The molecule has 6 heteroatoms. The molecule has 0 bridgehead atoms. The van der Waals surface area contributed by atoms with Gasteiger partial charge in [0.15, 0.2) is 0 Å². The average Bonchev–Trinajstić information content (AvgIpc) is 2.70. The third-order valence-electron chi connectivity index (χ3n) is 4.46. The monoisotopic (exact) mass is 383 g/mol. The van der Waals surface area contributed by atoms with Crippen LogP contribution in [0.3, 0.4) is 0 Å². The van der Waals surface area contributed by atoms with Gasteiger partial charge < -0.3 is 20.3 Å². The zero-order chi connectivity index (χ0) is 20.5. The van der Waals surface area contributed by atoms with Crippen LogP contribution in [0.2, 0.25) is 0 Å². The van der Waals surface area contributed by atoms with Crippen LogP contribution in [0.15, 0.2) is 42.5 Å². The molecule has 28 heavy (non-hydrogen) atoms. The van der Waals surface area contributed by atoms with E-state index < -0.39 is 0 Å². The largest absolute Gasteiger partial charge is 0.462 e. The van der Waals surface area contributed by atoms with E-state index in [4.69, 9.17) is 4.74 Å². The maximum Gasteiger partial charge on any atom is 0.338 e. The first-order chi connectivity index (χ1) is 13.5. The third-order valence-corrected chi connectivity index (χ3v) is 4.46. The summed E-state index contributed by atoms with van der Waals surface area (Å²) in [5.41, 5.74) is 4.23. The number of aryl methyl sites for hydroxylation is 1. The van der Waals surface area contributed by atoms with Crippen molar-refractivity contribution >= 4 is 28.9 Å². The fourth-order valence-electron chi connectivity index (χ4n) is 2.89. The van der Waals surface area contributed by atoms with Gasteiger partial charge in [-0.3, -0.25) is 4.79 Å². The molecule has 2 aromatic rings. The molecule has 0 unspecified atom stereocenters. The molecule has 2 rings (SSSR count). The highest BCUT2D eigenvalue weighted by molar-refractivity contribution is 5.95. The Bertz CT molecular complexity index is 799. The lowest BCUT2D eigenvalue weighted by Crippen LogP contribution is -2.23. The summed E-state index contributed by atoms with van der Waals surface area (Å²) in [6.07, 6.45) is 0. The molecule has 0 aliphatic carbocycles. The number of esters is 1. The van der Waals surface area contributed by atoms with E-state index in [0.29, 0.717) is 12.2 Å². The second-order valence-corrected chi connectivity index (χ2v) is 6.37. The van der Waals surface area contributed by atoms with Gasteiger partial charge in [-0.05, 0) is 75.7 Å². The van der Waals surface area contributed by atoms with Crippen LogP contribution in [0.5, 0.6) is 0 Å². The molecule has 0 fully saturated rings. The molecular weight excluding hydrogens is 354 g/mol. The molecule has 0 radical (unpaired) electrons. The summed E-state index contributed by atoms with van der Waals surface area (Å²) in [5.74, 6) is -0.483. The third kappa shape index (κ3) is 5.74. The van der Waals surface area contributed by atoms with Crippen LogP contribution >= 0.6 is 0 Å². The number of nitrogens with one attached hydrogen (secondary N) is 2. The van der Waals surface area contributed by atoms with Crippen LogP contribution < -0.4 is 15.5 Å². The minimum Gasteiger partial charge on any atom is -0.462 e. The highest BCUT2D eigenvalue weighted by atomic mass is 16.5.